The molecule has 7 nitrogen and oxygen atoms in total. The first kappa shape index (κ1) is 15.9. The molecular formula is C13H9NO6S2. The van der Waals surface area contributed by atoms with Gasteiger partial charge in [0.1, 0.15) is 5.69 Å². The number of hydrogen-bond donors (Lipinski definition) is 2. The molecule has 0 spiro atoms. The Balaban J connectivity index is 2.35. The van der Waals surface area contributed by atoms with Crippen molar-refractivity contribution in [1.82, 2.24) is 4.98 Å². The highest BCUT2D eigenvalue weighted by atomic mass is 32.2. The molecule has 2 N–H and O–H groups in total. The molecule has 0 radical (unpaired) electrons. The van der Waals surface area contributed by atoms with E-state index in [9.17, 15) is 18.0 Å². The molecule has 1 aromatic carbocycles. The van der Waals surface area contributed by atoms with Crippen molar-refractivity contribution < 1.29 is 28.2 Å². The summed E-state index contributed by atoms with van der Waals surface area (Å²) in [5.41, 5.74) is -0.257. The lowest BCUT2D eigenvalue weighted by molar-refractivity contribution is -0.135. The molecule has 0 amide bonds. The van der Waals surface area contributed by atoms with Gasteiger partial charge in [-0.1, -0.05) is 18.2 Å². The summed E-state index contributed by atoms with van der Waals surface area (Å²) in [5.74, 6) is -3.71. The van der Waals surface area contributed by atoms with Crippen LogP contribution >= 0.6 is 11.3 Å². The molecule has 0 saturated heterocycles. The second kappa shape index (κ2) is 6.08. The molecule has 0 saturated carbocycles. The maximum atomic E-state index is 12.3. The Morgan fingerprint density at radius 2 is 1.77 bits per heavy atom. The van der Waals surface area contributed by atoms with Crippen LogP contribution in [0.4, 0.5) is 0 Å². The van der Waals surface area contributed by atoms with Gasteiger partial charge in [-0.05, 0) is 12.1 Å². The van der Waals surface area contributed by atoms with Crippen molar-refractivity contribution in [2.24, 2.45) is 0 Å². The fourth-order valence-corrected chi connectivity index (χ4v) is 3.86. The van der Waals surface area contributed by atoms with Crippen LogP contribution in [-0.2, 0) is 14.6 Å². The predicted molar refractivity (Wildman–Crippen MR) is 76.7 cm³/mol. The molecule has 1 heterocycles. The van der Waals surface area contributed by atoms with Gasteiger partial charge in [0.05, 0.1) is 4.90 Å². The van der Waals surface area contributed by atoms with E-state index in [0.29, 0.717) is 6.08 Å². The van der Waals surface area contributed by atoms with E-state index in [-0.39, 0.29) is 14.9 Å². The zero-order valence-corrected chi connectivity index (χ0v) is 12.5. The number of rotatable bonds is 5. The van der Waals surface area contributed by atoms with E-state index in [0.717, 1.165) is 11.3 Å². The number of hydrogen-bond acceptors (Lipinski definition) is 7. The second-order valence-electron chi connectivity index (χ2n) is 4.01. The fraction of sp³-hybridized carbons (Fsp3) is 0. The van der Waals surface area contributed by atoms with E-state index < -0.39 is 27.3 Å². The first-order chi connectivity index (χ1) is 10.3. The molecule has 0 aliphatic heterocycles. The quantitative estimate of drug-likeness (QED) is 0.483. The normalized spacial score (nSPS) is 12.1. The number of carboxylic acid groups (broad SMARTS) is 1. The van der Waals surface area contributed by atoms with Gasteiger partial charge in [0, 0.05) is 11.5 Å². The van der Waals surface area contributed by atoms with Crippen LogP contribution < -0.4 is 0 Å². The Hall–Kier alpha value is -2.52. The van der Waals surface area contributed by atoms with Gasteiger partial charge in [0.25, 0.3) is 0 Å². The highest BCUT2D eigenvalue weighted by molar-refractivity contribution is 7.93. The Morgan fingerprint density at radius 3 is 2.36 bits per heavy atom. The van der Waals surface area contributed by atoms with Gasteiger partial charge in [0.15, 0.2) is 0 Å². The topological polar surface area (TPSA) is 122 Å². The number of carbonyl (C=O) groups is 2. The number of ketones is 1. The molecule has 22 heavy (non-hydrogen) atoms. The smallest absolute Gasteiger partial charge is 0.371 e. The summed E-state index contributed by atoms with van der Waals surface area (Å²) in [6, 6.07) is 7.57. The van der Waals surface area contributed by atoms with Crippen LogP contribution in [0.1, 0.15) is 10.5 Å². The second-order valence-corrected chi connectivity index (χ2v) is 7.00. The standard InChI is InChI=1S/C13H9NO6S2/c15-10(6-11(16)12(17)18)9-7-21-13(14-9)22(19,20)8-4-2-1-3-5-8/h1-7,16H,(H,17,18)/b11-6-. The molecule has 2 rings (SSSR count). The van der Waals surface area contributed by atoms with E-state index in [1.165, 1.54) is 17.5 Å². The number of allylic oxidation sites excluding steroid dienone is 1. The average molecular weight is 339 g/mol. The Kier molecular flexibility index (Phi) is 4.38. The number of thiazole rings is 1. The molecular weight excluding hydrogens is 330 g/mol. The Morgan fingerprint density at radius 1 is 1.14 bits per heavy atom. The molecule has 0 fully saturated rings. The maximum Gasteiger partial charge on any atom is 0.371 e. The van der Waals surface area contributed by atoms with Crippen LogP contribution in [0.25, 0.3) is 0 Å². The number of sulfone groups is 1. The summed E-state index contributed by atoms with van der Waals surface area (Å²) in [5, 5.41) is 18.7. The van der Waals surface area contributed by atoms with Crippen LogP contribution in [0.2, 0.25) is 0 Å². The molecule has 2 aromatic rings. The minimum Gasteiger partial charge on any atom is -0.502 e. The number of carbonyl (C=O) groups excluding carboxylic acids is 1. The number of aliphatic hydroxyl groups excluding tert-OH is 1. The molecule has 9 heteroatoms. The monoisotopic (exact) mass is 339 g/mol. The van der Waals surface area contributed by atoms with Crippen LogP contribution in [0, 0.1) is 0 Å². The molecule has 0 bridgehead atoms. The highest BCUT2D eigenvalue weighted by Gasteiger charge is 2.23. The SMILES string of the molecule is O=C(O)/C(O)=C/C(=O)c1csc(S(=O)(=O)c2ccccc2)n1. The number of aromatic nitrogens is 1. The third-order valence-corrected chi connectivity index (χ3v) is 5.53. The highest BCUT2D eigenvalue weighted by Crippen LogP contribution is 2.24. The number of nitrogens with zero attached hydrogens (tertiary/aromatic N) is 1. The molecule has 0 aliphatic carbocycles. The lowest BCUT2D eigenvalue weighted by Crippen LogP contribution is -2.05. The summed E-state index contributed by atoms with van der Waals surface area (Å²) in [6.07, 6.45) is 0.469. The van der Waals surface area contributed by atoms with Gasteiger partial charge in [-0.2, -0.15) is 0 Å². The molecule has 1 aromatic heterocycles. The first-order valence-corrected chi connectivity index (χ1v) is 8.12. The van der Waals surface area contributed by atoms with E-state index in [4.69, 9.17) is 10.2 Å². The summed E-state index contributed by atoms with van der Waals surface area (Å²) in [6.45, 7) is 0. The average Bonchev–Trinajstić information content (AvgIpc) is 2.98. The van der Waals surface area contributed by atoms with Crippen molar-refractivity contribution in [3.8, 4) is 0 Å². The molecule has 114 valence electrons. The van der Waals surface area contributed by atoms with Gasteiger partial charge in [-0.3, -0.25) is 4.79 Å². The van der Waals surface area contributed by atoms with Crippen LogP contribution in [-0.4, -0.2) is 35.4 Å². The number of carboxylic acids is 1. The lowest BCUT2D eigenvalue weighted by Gasteiger charge is -1.99. The van der Waals surface area contributed by atoms with E-state index in [1.54, 1.807) is 18.2 Å². The van der Waals surface area contributed by atoms with Crippen LogP contribution in [0.15, 0.2) is 56.8 Å². The fourth-order valence-electron chi connectivity index (χ4n) is 1.45. The summed E-state index contributed by atoms with van der Waals surface area (Å²) >= 11 is 0.737. The number of aliphatic carboxylic acids is 1. The summed E-state index contributed by atoms with van der Waals surface area (Å²) < 4.78 is 24.3. The van der Waals surface area contributed by atoms with Gasteiger partial charge >= 0.3 is 5.97 Å². The zero-order valence-electron chi connectivity index (χ0n) is 10.8. The molecule has 0 unspecified atom stereocenters. The zero-order chi connectivity index (χ0) is 16.3. The van der Waals surface area contributed by atoms with Crippen molar-refractivity contribution in [2.75, 3.05) is 0 Å². The van der Waals surface area contributed by atoms with Crippen LogP contribution in [0.3, 0.4) is 0 Å². The first-order valence-electron chi connectivity index (χ1n) is 5.76. The summed E-state index contributed by atoms with van der Waals surface area (Å²) in [4.78, 5) is 25.9. The Labute approximate surface area is 129 Å². The largest absolute Gasteiger partial charge is 0.502 e. The Bertz CT molecular complexity index is 852. The molecule has 0 atom stereocenters. The lowest BCUT2D eigenvalue weighted by atomic mass is 10.3. The van der Waals surface area contributed by atoms with Gasteiger partial charge in [-0.25, -0.2) is 18.2 Å². The third kappa shape index (κ3) is 3.21. The van der Waals surface area contributed by atoms with Crippen molar-refractivity contribution in [1.29, 1.82) is 0 Å². The minimum atomic E-state index is -3.84. The maximum absolute atomic E-state index is 12.3. The van der Waals surface area contributed by atoms with Crippen LogP contribution in [0.5, 0.6) is 0 Å². The third-order valence-electron chi connectivity index (χ3n) is 2.51. The minimum absolute atomic E-state index is 0.0345. The van der Waals surface area contributed by atoms with Crippen molar-refractivity contribution in [2.45, 2.75) is 9.24 Å². The van der Waals surface area contributed by atoms with Gasteiger partial charge in [0.2, 0.25) is 25.7 Å². The van der Waals surface area contributed by atoms with Crippen molar-refractivity contribution in [3.63, 3.8) is 0 Å². The van der Waals surface area contributed by atoms with Gasteiger partial charge in [-0.15, -0.1) is 11.3 Å². The van der Waals surface area contributed by atoms with Crippen molar-refractivity contribution in [3.05, 3.63) is 53.2 Å². The predicted octanol–water partition coefficient (Wildman–Crippen LogP) is 1.69. The van der Waals surface area contributed by atoms with Crippen molar-refractivity contribution >= 4 is 32.9 Å². The van der Waals surface area contributed by atoms with E-state index in [2.05, 4.69) is 4.98 Å². The van der Waals surface area contributed by atoms with E-state index in [1.807, 2.05) is 0 Å². The number of benzene rings is 1. The molecule has 0 aliphatic rings. The number of aliphatic hydroxyl groups is 1. The van der Waals surface area contributed by atoms with E-state index >= 15 is 0 Å². The van der Waals surface area contributed by atoms with Gasteiger partial charge < -0.3 is 10.2 Å². The summed E-state index contributed by atoms with van der Waals surface area (Å²) in [7, 11) is -3.84.